The smallest absolute Gasteiger partial charge is 0.157 e. The van der Waals surface area contributed by atoms with Crippen molar-refractivity contribution in [2.75, 3.05) is 13.2 Å². The first-order chi connectivity index (χ1) is 10.3. The fourth-order valence-corrected chi connectivity index (χ4v) is 2.82. The van der Waals surface area contributed by atoms with Crippen molar-refractivity contribution >= 4 is 0 Å². The van der Waals surface area contributed by atoms with E-state index in [1.807, 2.05) is 29.2 Å². The first-order valence-corrected chi connectivity index (χ1v) is 7.59. The summed E-state index contributed by atoms with van der Waals surface area (Å²) in [4.78, 5) is 4.45. The Kier molecular flexibility index (Phi) is 4.62. The Balaban J connectivity index is 1.65. The third-order valence-corrected chi connectivity index (χ3v) is 4.18. The van der Waals surface area contributed by atoms with Crippen molar-refractivity contribution in [1.82, 2.24) is 20.1 Å². The molecule has 5 heteroatoms. The minimum atomic E-state index is 0.486. The van der Waals surface area contributed by atoms with Crippen LogP contribution in [0.15, 0.2) is 36.8 Å². The van der Waals surface area contributed by atoms with Gasteiger partial charge in [-0.1, -0.05) is 6.07 Å². The molecule has 1 unspecified atom stereocenters. The van der Waals surface area contributed by atoms with Crippen LogP contribution in [0.4, 0.5) is 0 Å². The molecule has 1 atom stereocenters. The number of ether oxygens (including phenoxy) is 1. The van der Waals surface area contributed by atoms with Crippen LogP contribution in [0.3, 0.4) is 0 Å². The molecule has 112 valence electrons. The number of nitrogens with one attached hydrogen (secondary N) is 1. The standard InChI is InChI=1S/C16H22N4O/c1-13(14-5-10-21-11-6-14)18-12-15-4-2-7-17-16(15)20-9-3-8-19-20/h2-4,7-9,13-14,18H,5-6,10-12H2,1H3. The van der Waals surface area contributed by atoms with Crippen LogP contribution >= 0.6 is 0 Å². The number of nitrogens with zero attached hydrogens (tertiary/aromatic N) is 3. The lowest BCUT2D eigenvalue weighted by Gasteiger charge is -2.28. The minimum Gasteiger partial charge on any atom is -0.381 e. The van der Waals surface area contributed by atoms with E-state index in [1.54, 1.807) is 6.20 Å². The molecule has 0 aromatic carbocycles. The molecule has 3 heterocycles. The summed E-state index contributed by atoms with van der Waals surface area (Å²) in [5, 5.41) is 7.91. The number of hydrogen-bond acceptors (Lipinski definition) is 4. The summed E-state index contributed by atoms with van der Waals surface area (Å²) in [7, 11) is 0. The van der Waals surface area contributed by atoms with Gasteiger partial charge in [-0.3, -0.25) is 0 Å². The molecule has 1 aliphatic rings. The van der Waals surface area contributed by atoms with Gasteiger partial charge in [-0.05, 0) is 37.8 Å². The molecular weight excluding hydrogens is 264 g/mol. The van der Waals surface area contributed by atoms with Crippen molar-refractivity contribution < 1.29 is 4.74 Å². The fourth-order valence-electron chi connectivity index (χ4n) is 2.82. The number of hydrogen-bond donors (Lipinski definition) is 1. The Bertz CT molecular complexity index is 549. The predicted octanol–water partition coefficient (Wildman–Crippen LogP) is 2.17. The lowest BCUT2D eigenvalue weighted by atomic mass is 9.93. The molecule has 3 rings (SSSR count). The van der Waals surface area contributed by atoms with Gasteiger partial charge in [-0.15, -0.1) is 0 Å². The van der Waals surface area contributed by atoms with Gasteiger partial charge < -0.3 is 10.1 Å². The van der Waals surface area contributed by atoms with E-state index in [9.17, 15) is 0 Å². The van der Waals surface area contributed by atoms with E-state index < -0.39 is 0 Å². The maximum atomic E-state index is 5.43. The van der Waals surface area contributed by atoms with Crippen molar-refractivity contribution in [3.63, 3.8) is 0 Å². The fraction of sp³-hybridized carbons (Fsp3) is 0.500. The summed E-state index contributed by atoms with van der Waals surface area (Å²) in [5.74, 6) is 1.60. The Morgan fingerprint density at radius 3 is 2.95 bits per heavy atom. The highest BCUT2D eigenvalue weighted by Gasteiger charge is 2.20. The number of pyridine rings is 1. The van der Waals surface area contributed by atoms with Crippen LogP contribution in [0.2, 0.25) is 0 Å². The molecule has 1 aliphatic heterocycles. The molecule has 0 saturated carbocycles. The van der Waals surface area contributed by atoms with Crippen molar-refractivity contribution in [2.24, 2.45) is 5.92 Å². The molecule has 2 aromatic rings. The second-order valence-corrected chi connectivity index (χ2v) is 5.56. The highest BCUT2D eigenvalue weighted by atomic mass is 16.5. The van der Waals surface area contributed by atoms with Gasteiger partial charge in [0.2, 0.25) is 0 Å². The zero-order chi connectivity index (χ0) is 14.5. The van der Waals surface area contributed by atoms with Crippen molar-refractivity contribution in [3.8, 4) is 5.82 Å². The van der Waals surface area contributed by atoms with E-state index in [-0.39, 0.29) is 0 Å². The molecule has 2 aromatic heterocycles. The molecule has 0 bridgehead atoms. The summed E-state index contributed by atoms with van der Waals surface area (Å²) in [5.41, 5.74) is 1.17. The summed E-state index contributed by atoms with van der Waals surface area (Å²) >= 11 is 0. The molecule has 5 nitrogen and oxygen atoms in total. The topological polar surface area (TPSA) is 52.0 Å². The van der Waals surface area contributed by atoms with Gasteiger partial charge in [0, 0.05) is 50.0 Å². The first kappa shape index (κ1) is 14.2. The minimum absolute atomic E-state index is 0.486. The third-order valence-electron chi connectivity index (χ3n) is 4.18. The average molecular weight is 286 g/mol. The van der Waals surface area contributed by atoms with Crippen LogP contribution in [0.1, 0.15) is 25.3 Å². The summed E-state index contributed by atoms with van der Waals surface area (Å²) in [6.45, 7) is 4.85. The third kappa shape index (κ3) is 3.49. The maximum absolute atomic E-state index is 5.43. The van der Waals surface area contributed by atoms with Crippen LogP contribution in [0.25, 0.3) is 5.82 Å². The molecule has 0 radical (unpaired) electrons. The van der Waals surface area contributed by atoms with Gasteiger partial charge in [0.1, 0.15) is 0 Å². The van der Waals surface area contributed by atoms with E-state index in [4.69, 9.17) is 4.74 Å². The van der Waals surface area contributed by atoms with Gasteiger partial charge >= 0.3 is 0 Å². The van der Waals surface area contributed by atoms with E-state index in [1.165, 1.54) is 5.56 Å². The Morgan fingerprint density at radius 2 is 2.19 bits per heavy atom. The van der Waals surface area contributed by atoms with Crippen LogP contribution in [0, 0.1) is 5.92 Å². The van der Waals surface area contributed by atoms with Gasteiger partial charge in [-0.2, -0.15) is 5.10 Å². The van der Waals surface area contributed by atoms with Crippen LogP contribution in [-0.4, -0.2) is 34.0 Å². The molecule has 1 N–H and O–H groups in total. The predicted molar refractivity (Wildman–Crippen MR) is 81.2 cm³/mol. The van der Waals surface area contributed by atoms with Gasteiger partial charge in [0.05, 0.1) is 0 Å². The molecular formula is C16H22N4O. The molecule has 1 saturated heterocycles. The summed E-state index contributed by atoms with van der Waals surface area (Å²) in [6.07, 6.45) is 7.80. The monoisotopic (exact) mass is 286 g/mol. The van der Waals surface area contributed by atoms with Crippen molar-refractivity contribution in [3.05, 3.63) is 42.4 Å². The number of rotatable bonds is 5. The second kappa shape index (κ2) is 6.83. The Morgan fingerprint density at radius 1 is 1.33 bits per heavy atom. The highest BCUT2D eigenvalue weighted by molar-refractivity contribution is 5.32. The summed E-state index contributed by atoms with van der Waals surface area (Å²) < 4.78 is 7.25. The average Bonchev–Trinajstić information content (AvgIpc) is 3.08. The highest BCUT2D eigenvalue weighted by Crippen LogP contribution is 2.19. The summed E-state index contributed by atoms with van der Waals surface area (Å²) in [6, 6.07) is 6.48. The van der Waals surface area contributed by atoms with Crippen molar-refractivity contribution in [1.29, 1.82) is 0 Å². The lowest BCUT2D eigenvalue weighted by Crippen LogP contribution is -2.36. The van der Waals surface area contributed by atoms with Crippen LogP contribution < -0.4 is 5.32 Å². The first-order valence-electron chi connectivity index (χ1n) is 7.59. The zero-order valence-corrected chi connectivity index (χ0v) is 12.4. The van der Waals surface area contributed by atoms with Crippen LogP contribution in [0.5, 0.6) is 0 Å². The molecule has 1 fully saturated rings. The largest absolute Gasteiger partial charge is 0.381 e. The van der Waals surface area contributed by atoms with Crippen LogP contribution in [-0.2, 0) is 11.3 Å². The molecule has 21 heavy (non-hydrogen) atoms. The molecule has 0 aliphatic carbocycles. The second-order valence-electron chi connectivity index (χ2n) is 5.56. The van der Waals surface area contributed by atoms with E-state index >= 15 is 0 Å². The van der Waals surface area contributed by atoms with Gasteiger partial charge in [0.25, 0.3) is 0 Å². The van der Waals surface area contributed by atoms with E-state index in [0.29, 0.717) is 12.0 Å². The van der Waals surface area contributed by atoms with Gasteiger partial charge in [0.15, 0.2) is 5.82 Å². The maximum Gasteiger partial charge on any atom is 0.157 e. The molecule has 0 amide bonds. The van der Waals surface area contributed by atoms with Crippen molar-refractivity contribution in [2.45, 2.75) is 32.4 Å². The zero-order valence-electron chi connectivity index (χ0n) is 12.4. The lowest BCUT2D eigenvalue weighted by molar-refractivity contribution is 0.0558. The quantitative estimate of drug-likeness (QED) is 0.915. The normalized spacial score (nSPS) is 17.8. The van der Waals surface area contributed by atoms with E-state index in [2.05, 4.69) is 28.4 Å². The molecule has 0 spiro atoms. The Hall–Kier alpha value is -1.72. The Labute approximate surface area is 125 Å². The van der Waals surface area contributed by atoms with Gasteiger partial charge in [-0.25, -0.2) is 9.67 Å². The number of aromatic nitrogens is 3. The van der Waals surface area contributed by atoms with E-state index in [0.717, 1.165) is 38.4 Å². The SMILES string of the molecule is CC(NCc1cccnc1-n1cccn1)C1CCOCC1.